The zero-order chi connectivity index (χ0) is 16.9. The fourth-order valence-electron chi connectivity index (χ4n) is 2.56. The van der Waals surface area contributed by atoms with E-state index < -0.39 is 5.97 Å². The van der Waals surface area contributed by atoms with Crippen molar-refractivity contribution in [2.24, 2.45) is 0 Å². The summed E-state index contributed by atoms with van der Waals surface area (Å²) in [6, 6.07) is 5.04. The van der Waals surface area contributed by atoms with Crippen molar-refractivity contribution in [2.45, 2.75) is 38.7 Å². The number of carbonyl (C=O) groups excluding carboxylic acids is 1. The third-order valence-electron chi connectivity index (χ3n) is 3.71. The highest BCUT2D eigenvalue weighted by Gasteiger charge is 2.21. The number of ether oxygens (including phenoxy) is 3. The molecule has 1 aliphatic carbocycles. The Hall–Kier alpha value is -2.28. The van der Waals surface area contributed by atoms with Crippen LogP contribution >= 0.6 is 11.6 Å². The molecule has 2 aromatic rings. The van der Waals surface area contributed by atoms with Crippen LogP contribution in [-0.4, -0.2) is 34.1 Å². The van der Waals surface area contributed by atoms with E-state index in [9.17, 15) is 4.79 Å². The van der Waals surface area contributed by atoms with Crippen LogP contribution in [0.3, 0.4) is 0 Å². The summed E-state index contributed by atoms with van der Waals surface area (Å²) in [5, 5.41) is 10.3. The van der Waals surface area contributed by atoms with Gasteiger partial charge in [-0.25, -0.2) is 9.89 Å². The highest BCUT2D eigenvalue weighted by molar-refractivity contribution is 6.32. The second-order valence-corrected chi connectivity index (χ2v) is 5.84. The lowest BCUT2D eigenvalue weighted by atomic mass is 10.3. The lowest BCUT2D eigenvalue weighted by Crippen LogP contribution is -2.11. The van der Waals surface area contributed by atoms with Crippen molar-refractivity contribution >= 4 is 17.6 Å². The van der Waals surface area contributed by atoms with E-state index in [1.54, 1.807) is 25.1 Å². The number of aromatic amines is 1. The first kappa shape index (κ1) is 16.6. The number of halogens is 1. The van der Waals surface area contributed by atoms with Gasteiger partial charge in [0, 0.05) is 6.07 Å². The Bertz CT molecular complexity index is 713. The van der Waals surface area contributed by atoms with Crippen molar-refractivity contribution in [3.8, 4) is 17.4 Å². The van der Waals surface area contributed by atoms with Gasteiger partial charge in [0.15, 0.2) is 0 Å². The van der Waals surface area contributed by atoms with Crippen molar-refractivity contribution in [3.63, 3.8) is 0 Å². The summed E-state index contributed by atoms with van der Waals surface area (Å²) in [6.45, 7) is 1.96. The predicted molar refractivity (Wildman–Crippen MR) is 86.7 cm³/mol. The van der Waals surface area contributed by atoms with Gasteiger partial charge < -0.3 is 14.2 Å². The number of hydrogen-bond donors (Lipinski definition) is 1. The molecule has 3 rings (SSSR count). The van der Waals surface area contributed by atoms with Gasteiger partial charge in [-0.15, -0.1) is 0 Å². The van der Waals surface area contributed by atoms with Gasteiger partial charge in [0.25, 0.3) is 5.88 Å². The van der Waals surface area contributed by atoms with Crippen LogP contribution < -0.4 is 9.47 Å². The van der Waals surface area contributed by atoms with Gasteiger partial charge in [-0.2, -0.15) is 0 Å². The molecule has 8 heteroatoms. The first-order valence-electron chi connectivity index (χ1n) is 7.89. The van der Waals surface area contributed by atoms with Gasteiger partial charge in [-0.05, 0) is 44.7 Å². The van der Waals surface area contributed by atoms with Crippen LogP contribution in [0, 0.1) is 0 Å². The molecule has 1 saturated carbocycles. The molecule has 1 aliphatic rings. The molecule has 0 bridgehead atoms. The minimum Gasteiger partial charge on any atom is -0.489 e. The standard InChI is InChI=1S/C16H18ClN3O4/c1-2-22-16(21)14-15(19-20-18-14)24-11-7-8-12(17)13(9-11)23-10-5-3-4-6-10/h7-10H,2-6H2,1H3,(H,18,19,20). The monoisotopic (exact) mass is 351 g/mol. The summed E-state index contributed by atoms with van der Waals surface area (Å²) in [7, 11) is 0. The molecule has 7 nitrogen and oxygen atoms in total. The Kier molecular flexibility index (Phi) is 5.20. The van der Waals surface area contributed by atoms with Crippen LogP contribution in [-0.2, 0) is 4.74 Å². The molecule has 0 spiro atoms. The topological polar surface area (TPSA) is 86.3 Å². The van der Waals surface area contributed by atoms with Crippen molar-refractivity contribution in [1.29, 1.82) is 0 Å². The smallest absolute Gasteiger partial charge is 0.362 e. The lowest BCUT2D eigenvalue weighted by Gasteiger charge is -2.15. The van der Waals surface area contributed by atoms with Gasteiger partial charge in [0.1, 0.15) is 11.5 Å². The summed E-state index contributed by atoms with van der Waals surface area (Å²) < 4.78 is 16.5. The Morgan fingerprint density at radius 1 is 1.38 bits per heavy atom. The largest absolute Gasteiger partial charge is 0.489 e. The molecule has 1 heterocycles. The molecule has 1 N–H and O–H groups in total. The molecule has 0 saturated heterocycles. The summed E-state index contributed by atoms with van der Waals surface area (Å²) in [5.74, 6) is 0.477. The minimum atomic E-state index is -0.575. The molecule has 0 unspecified atom stereocenters. The summed E-state index contributed by atoms with van der Waals surface area (Å²) in [6.07, 6.45) is 4.57. The number of aromatic nitrogens is 3. The molecule has 24 heavy (non-hydrogen) atoms. The van der Waals surface area contributed by atoms with Gasteiger partial charge in [-0.1, -0.05) is 21.9 Å². The van der Waals surface area contributed by atoms with Crippen molar-refractivity contribution in [1.82, 2.24) is 15.4 Å². The molecule has 0 atom stereocenters. The summed E-state index contributed by atoms with van der Waals surface area (Å²) in [5.41, 5.74) is 0.0602. The number of rotatable bonds is 6. The zero-order valence-electron chi connectivity index (χ0n) is 13.3. The summed E-state index contributed by atoms with van der Waals surface area (Å²) >= 11 is 6.19. The zero-order valence-corrected chi connectivity index (χ0v) is 14.0. The fraction of sp³-hybridized carbons (Fsp3) is 0.438. The van der Waals surface area contributed by atoms with E-state index in [1.165, 1.54) is 12.8 Å². The third-order valence-corrected chi connectivity index (χ3v) is 4.02. The third kappa shape index (κ3) is 3.79. The van der Waals surface area contributed by atoms with E-state index in [1.807, 2.05) is 0 Å². The highest BCUT2D eigenvalue weighted by Crippen LogP contribution is 2.34. The molecule has 1 fully saturated rings. The normalized spacial score (nSPS) is 14.6. The number of H-pyrrole nitrogens is 1. The maximum absolute atomic E-state index is 11.8. The van der Waals surface area contributed by atoms with Crippen LogP contribution in [0.25, 0.3) is 0 Å². The average Bonchev–Trinajstić information content (AvgIpc) is 3.22. The van der Waals surface area contributed by atoms with E-state index >= 15 is 0 Å². The lowest BCUT2D eigenvalue weighted by molar-refractivity contribution is 0.0516. The fourth-order valence-corrected chi connectivity index (χ4v) is 2.72. The highest BCUT2D eigenvalue weighted by atomic mass is 35.5. The van der Waals surface area contributed by atoms with Gasteiger partial charge in [0.2, 0.25) is 5.69 Å². The van der Waals surface area contributed by atoms with E-state index in [2.05, 4.69) is 15.4 Å². The van der Waals surface area contributed by atoms with Crippen LogP contribution in [0.15, 0.2) is 18.2 Å². The first-order chi connectivity index (χ1) is 11.7. The molecule has 0 aliphatic heterocycles. The van der Waals surface area contributed by atoms with Crippen LogP contribution in [0.4, 0.5) is 0 Å². The first-order valence-corrected chi connectivity index (χ1v) is 8.27. The molecule has 128 valence electrons. The molecular formula is C16H18ClN3O4. The maximum atomic E-state index is 11.8. The number of carbonyl (C=O) groups is 1. The number of esters is 1. The SMILES string of the molecule is CCOC(=O)c1[nH]nnc1Oc1ccc(Cl)c(OC2CCCC2)c1. The number of nitrogens with one attached hydrogen (secondary N) is 1. The van der Waals surface area contributed by atoms with Crippen molar-refractivity contribution < 1.29 is 19.0 Å². The molecule has 1 aromatic carbocycles. The average molecular weight is 352 g/mol. The van der Waals surface area contributed by atoms with E-state index in [0.717, 1.165) is 12.8 Å². The van der Waals surface area contributed by atoms with Gasteiger partial charge >= 0.3 is 5.97 Å². The number of nitrogens with zero attached hydrogens (tertiary/aromatic N) is 2. The van der Waals surface area contributed by atoms with Gasteiger partial charge in [-0.3, -0.25) is 0 Å². The Balaban J connectivity index is 1.76. The molecule has 0 radical (unpaired) electrons. The number of benzene rings is 1. The Morgan fingerprint density at radius 2 is 2.17 bits per heavy atom. The van der Waals surface area contributed by atoms with Crippen molar-refractivity contribution in [3.05, 3.63) is 28.9 Å². The second-order valence-electron chi connectivity index (χ2n) is 5.43. The molecule has 1 aromatic heterocycles. The Morgan fingerprint density at radius 3 is 2.92 bits per heavy atom. The van der Waals surface area contributed by atoms with E-state index in [-0.39, 0.29) is 24.3 Å². The van der Waals surface area contributed by atoms with Crippen LogP contribution in [0.5, 0.6) is 17.4 Å². The quantitative estimate of drug-likeness (QED) is 0.797. The second kappa shape index (κ2) is 7.53. The number of hydrogen-bond acceptors (Lipinski definition) is 6. The summed E-state index contributed by atoms with van der Waals surface area (Å²) in [4.78, 5) is 11.8. The predicted octanol–water partition coefficient (Wildman–Crippen LogP) is 3.75. The molecule has 0 amide bonds. The molecular weight excluding hydrogens is 334 g/mol. The van der Waals surface area contributed by atoms with Crippen molar-refractivity contribution in [2.75, 3.05) is 6.61 Å². The van der Waals surface area contributed by atoms with Gasteiger partial charge in [0.05, 0.1) is 17.7 Å². The maximum Gasteiger partial charge on any atom is 0.362 e. The minimum absolute atomic E-state index is 0.0441. The Labute approximate surface area is 144 Å². The van der Waals surface area contributed by atoms with E-state index in [4.69, 9.17) is 25.8 Å². The van der Waals surface area contributed by atoms with Crippen LogP contribution in [0.1, 0.15) is 43.1 Å². The van der Waals surface area contributed by atoms with Crippen LogP contribution in [0.2, 0.25) is 5.02 Å². The van der Waals surface area contributed by atoms with E-state index in [0.29, 0.717) is 16.5 Å².